The van der Waals surface area contributed by atoms with Crippen LogP contribution in [0.15, 0.2) is 12.5 Å². The van der Waals surface area contributed by atoms with Crippen LogP contribution in [0.4, 0.5) is 5.95 Å². The summed E-state index contributed by atoms with van der Waals surface area (Å²) in [5.74, 6) is -0.373. The fourth-order valence-corrected chi connectivity index (χ4v) is 3.03. The van der Waals surface area contributed by atoms with Gasteiger partial charge in [0, 0.05) is 18.3 Å². The Morgan fingerprint density at radius 3 is 2.76 bits per heavy atom. The van der Waals surface area contributed by atoms with Crippen LogP contribution < -0.4 is 5.32 Å². The van der Waals surface area contributed by atoms with Crippen LogP contribution in [0.5, 0.6) is 0 Å². The van der Waals surface area contributed by atoms with Gasteiger partial charge in [0.15, 0.2) is 0 Å². The Labute approximate surface area is 121 Å². The van der Waals surface area contributed by atoms with E-state index in [4.69, 9.17) is 0 Å². The number of fused-ring (bicyclic) bond motifs is 1. The maximum absolute atomic E-state index is 12.2. The summed E-state index contributed by atoms with van der Waals surface area (Å²) in [7, 11) is 1.84. The molecule has 2 aromatic heterocycles. The molecule has 1 aliphatic heterocycles. The van der Waals surface area contributed by atoms with E-state index >= 15 is 0 Å². The predicted octanol–water partition coefficient (Wildman–Crippen LogP) is 0.249. The summed E-state index contributed by atoms with van der Waals surface area (Å²) < 4.78 is 3.37. The Bertz CT molecular complexity index is 701. The van der Waals surface area contributed by atoms with Gasteiger partial charge in [-0.2, -0.15) is 15.2 Å². The molecule has 8 nitrogen and oxygen atoms in total. The van der Waals surface area contributed by atoms with Crippen LogP contribution in [0.2, 0.25) is 0 Å². The van der Waals surface area contributed by atoms with Gasteiger partial charge in [-0.05, 0) is 20.8 Å². The van der Waals surface area contributed by atoms with Crippen LogP contribution >= 0.6 is 0 Å². The summed E-state index contributed by atoms with van der Waals surface area (Å²) >= 11 is 0. The fraction of sp³-hybridized carbons (Fsp3) is 0.538. The smallest absolute Gasteiger partial charge is 0.223 e. The summed E-state index contributed by atoms with van der Waals surface area (Å²) in [6.45, 7) is 4.98. The predicted molar refractivity (Wildman–Crippen MR) is 74.5 cm³/mol. The first-order valence-corrected chi connectivity index (χ1v) is 6.72. The topological polar surface area (TPSA) is 97.9 Å². The van der Waals surface area contributed by atoms with Gasteiger partial charge in [-0.15, -0.1) is 0 Å². The first-order valence-electron chi connectivity index (χ1n) is 6.72. The van der Waals surface area contributed by atoms with Crippen LogP contribution in [0.25, 0.3) is 0 Å². The molecular formula is C13H18N6O2. The summed E-state index contributed by atoms with van der Waals surface area (Å²) in [5.41, 5.74) is 0.374. The normalized spacial score (nSPS) is 28.0. The number of anilines is 1. The van der Waals surface area contributed by atoms with Gasteiger partial charge in [-0.1, -0.05) is 0 Å². The lowest BCUT2D eigenvalue weighted by atomic mass is 9.81. The van der Waals surface area contributed by atoms with Crippen molar-refractivity contribution in [1.29, 1.82) is 0 Å². The van der Waals surface area contributed by atoms with E-state index in [1.807, 2.05) is 14.0 Å². The molecule has 3 rings (SSSR count). The molecule has 8 heteroatoms. The molecule has 3 heterocycles. The number of aryl methyl sites for hydroxylation is 1. The third-order valence-electron chi connectivity index (χ3n) is 4.15. The van der Waals surface area contributed by atoms with Gasteiger partial charge < -0.3 is 10.4 Å². The first kappa shape index (κ1) is 13.7. The van der Waals surface area contributed by atoms with Crippen LogP contribution in [-0.4, -0.2) is 41.2 Å². The molecule has 0 saturated carbocycles. The van der Waals surface area contributed by atoms with Crippen molar-refractivity contribution in [3.8, 4) is 0 Å². The molecule has 21 heavy (non-hydrogen) atoms. The lowest BCUT2D eigenvalue weighted by Gasteiger charge is -2.41. The largest absolute Gasteiger partial charge is 0.370 e. The standard InChI is InChI=1S/C13H18N6O2/c1-7-9(5-15-18(7)4)11-10(8(2)20)13(3,21)17-12-14-6-16-19(11)12/h5-6,10-11,21H,1-4H3,(H,14,16,17)/t10-,11+,13+/m0/s1. The number of hydrogen-bond donors (Lipinski definition) is 2. The average molecular weight is 290 g/mol. The van der Waals surface area contributed by atoms with Crippen molar-refractivity contribution in [1.82, 2.24) is 24.5 Å². The summed E-state index contributed by atoms with van der Waals surface area (Å²) in [4.78, 5) is 16.3. The van der Waals surface area contributed by atoms with Gasteiger partial charge >= 0.3 is 0 Å². The van der Waals surface area contributed by atoms with Gasteiger partial charge in [0.2, 0.25) is 5.95 Å². The van der Waals surface area contributed by atoms with Crippen LogP contribution in [0.3, 0.4) is 0 Å². The van der Waals surface area contributed by atoms with Crippen LogP contribution in [-0.2, 0) is 11.8 Å². The molecule has 0 aromatic carbocycles. The van der Waals surface area contributed by atoms with Gasteiger partial charge in [0.25, 0.3) is 0 Å². The van der Waals surface area contributed by atoms with Gasteiger partial charge in [-0.25, -0.2) is 4.68 Å². The molecule has 112 valence electrons. The molecule has 0 amide bonds. The third-order valence-corrected chi connectivity index (χ3v) is 4.15. The monoisotopic (exact) mass is 290 g/mol. The number of nitrogens with zero attached hydrogens (tertiary/aromatic N) is 5. The minimum absolute atomic E-state index is 0.123. The van der Waals surface area contributed by atoms with Gasteiger partial charge in [-0.3, -0.25) is 9.48 Å². The number of aromatic nitrogens is 5. The van der Waals surface area contributed by atoms with Crippen molar-refractivity contribution >= 4 is 11.7 Å². The first-order chi connectivity index (χ1) is 9.83. The Morgan fingerprint density at radius 2 is 2.19 bits per heavy atom. The highest BCUT2D eigenvalue weighted by Crippen LogP contribution is 2.41. The van der Waals surface area contributed by atoms with Crippen molar-refractivity contribution < 1.29 is 9.90 Å². The number of carbonyl (C=O) groups excluding carboxylic acids is 1. The highest BCUT2D eigenvalue weighted by Gasteiger charge is 2.49. The van der Waals surface area contributed by atoms with Gasteiger partial charge in [0.1, 0.15) is 17.8 Å². The average Bonchev–Trinajstić information content (AvgIpc) is 2.94. The summed E-state index contributed by atoms with van der Waals surface area (Å²) in [6, 6.07) is -0.440. The summed E-state index contributed by atoms with van der Waals surface area (Å²) in [6.07, 6.45) is 3.11. The Hall–Kier alpha value is -2.22. The number of carbonyl (C=O) groups is 1. The van der Waals surface area contributed by atoms with E-state index in [-0.39, 0.29) is 5.78 Å². The second-order valence-corrected chi connectivity index (χ2v) is 5.64. The molecule has 0 radical (unpaired) electrons. The number of rotatable bonds is 2. The number of Topliss-reactive ketones (excluding diaryl/α,β-unsaturated/α-hetero) is 1. The van der Waals surface area contributed by atoms with Gasteiger partial charge in [0.05, 0.1) is 18.2 Å². The third kappa shape index (κ3) is 1.94. The molecule has 2 N–H and O–H groups in total. The van der Waals surface area contributed by atoms with Crippen molar-refractivity contribution in [3.05, 3.63) is 23.8 Å². The van der Waals surface area contributed by atoms with E-state index in [2.05, 4.69) is 20.5 Å². The molecule has 1 aliphatic rings. The quantitative estimate of drug-likeness (QED) is 0.822. The van der Waals surface area contributed by atoms with E-state index < -0.39 is 17.7 Å². The zero-order valence-corrected chi connectivity index (χ0v) is 12.4. The zero-order chi connectivity index (χ0) is 15.4. The van der Waals surface area contributed by atoms with E-state index in [1.54, 1.807) is 22.5 Å². The van der Waals surface area contributed by atoms with Crippen molar-refractivity contribution in [2.75, 3.05) is 5.32 Å². The number of ketones is 1. The zero-order valence-electron chi connectivity index (χ0n) is 12.4. The molecule has 0 bridgehead atoms. The van der Waals surface area contributed by atoms with Crippen LogP contribution in [0.1, 0.15) is 31.1 Å². The van der Waals surface area contributed by atoms with E-state index in [1.165, 1.54) is 13.3 Å². The molecular weight excluding hydrogens is 272 g/mol. The van der Waals surface area contributed by atoms with Crippen LogP contribution in [0, 0.1) is 12.8 Å². The second-order valence-electron chi connectivity index (χ2n) is 5.64. The highest BCUT2D eigenvalue weighted by atomic mass is 16.3. The molecule has 0 fully saturated rings. The minimum atomic E-state index is -1.40. The Morgan fingerprint density at radius 1 is 1.48 bits per heavy atom. The minimum Gasteiger partial charge on any atom is -0.370 e. The summed E-state index contributed by atoms with van der Waals surface area (Å²) in [5, 5.41) is 22.0. The lowest BCUT2D eigenvalue weighted by molar-refractivity contribution is -0.130. The fourth-order valence-electron chi connectivity index (χ4n) is 3.03. The molecule has 0 saturated heterocycles. The Kier molecular flexibility index (Phi) is 2.87. The van der Waals surface area contributed by atoms with E-state index in [0.29, 0.717) is 5.95 Å². The molecule has 0 aliphatic carbocycles. The molecule has 0 spiro atoms. The number of hydrogen-bond acceptors (Lipinski definition) is 6. The second kappa shape index (κ2) is 4.39. The van der Waals surface area contributed by atoms with E-state index in [0.717, 1.165) is 11.3 Å². The lowest BCUT2D eigenvalue weighted by Crippen LogP contribution is -2.54. The van der Waals surface area contributed by atoms with Crippen molar-refractivity contribution in [2.24, 2.45) is 13.0 Å². The molecule has 2 aromatic rings. The number of nitrogens with one attached hydrogen (secondary N) is 1. The van der Waals surface area contributed by atoms with Crippen molar-refractivity contribution in [3.63, 3.8) is 0 Å². The van der Waals surface area contributed by atoms with Crippen molar-refractivity contribution in [2.45, 2.75) is 32.5 Å². The molecule has 3 atom stereocenters. The van der Waals surface area contributed by atoms with E-state index in [9.17, 15) is 9.90 Å². The number of aliphatic hydroxyl groups is 1. The highest BCUT2D eigenvalue weighted by molar-refractivity contribution is 5.81. The maximum atomic E-state index is 12.2. The maximum Gasteiger partial charge on any atom is 0.223 e. The SMILES string of the molecule is CC(=O)[C@H]1[C@@H](c2cnn(C)c2C)n2ncnc2N[C@]1(C)O. The molecule has 0 unspecified atom stereocenters. The Balaban J connectivity index is 2.23.